The lowest BCUT2D eigenvalue weighted by atomic mass is 9.52. The van der Waals surface area contributed by atoms with Gasteiger partial charge in [-0.25, -0.2) is 0 Å². The number of hydrogen-bond acceptors (Lipinski definition) is 2. The molecule has 3 atom stereocenters. The highest BCUT2D eigenvalue weighted by Gasteiger charge is 2.55. The van der Waals surface area contributed by atoms with Crippen LogP contribution < -0.4 is 4.74 Å². The van der Waals surface area contributed by atoms with Gasteiger partial charge in [-0.05, 0) is 91.8 Å². The smallest absolute Gasteiger partial charge is 0.119 e. The molecule has 0 amide bonds. The molecule has 0 unspecified atom stereocenters. The lowest BCUT2D eigenvalue weighted by Gasteiger charge is -2.59. The number of fused-ring (bicyclic) bond motifs is 4. The molecule has 0 spiro atoms. The van der Waals surface area contributed by atoms with E-state index in [4.69, 9.17) is 4.74 Å². The Kier molecular flexibility index (Phi) is 3.91. The molecule has 2 heterocycles. The van der Waals surface area contributed by atoms with Crippen molar-refractivity contribution in [2.75, 3.05) is 20.2 Å². The molecule has 0 radical (unpaired) electrons. The number of methoxy groups -OCH3 is 1. The van der Waals surface area contributed by atoms with Crippen LogP contribution in [-0.2, 0) is 24.7 Å². The van der Waals surface area contributed by atoms with Gasteiger partial charge < -0.3 is 9.72 Å². The summed E-state index contributed by atoms with van der Waals surface area (Å²) in [5, 5.41) is 1.45. The van der Waals surface area contributed by atoms with Crippen LogP contribution in [0.15, 0.2) is 42.5 Å². The molecule has 1 aliphatic heterocycles. The fraction of sp³-hybridized carbons (Fsp3) is 0.500. The van der Waals surface area contributed by atoms with Crippen molar-refractivity contribution in [1.29, 1.82) is 0 Å². The van der Waals surface area contributed by atoms with Crippen LogP contribution in [0.2, 0.25) is 0 Å². The molecule has 2 fully saturated rings. The van der Waals surface area contributed by atoms with E-state index in [9.17, 15) is 0 Å². The number of likely N-dealkylation sites (tertiary alicyclic amines) is 1. The molecular formula is C28H32N2O. The van der Waals surface area contributed by atoms with Crippen molar-refractivity contribution in [3.8, 4) is 5.75 Å². The number of para-hydroxylation sites is 1. The Hall–Kier alpha value is -2.26. The maximum Gasteiger partial charge on any atom is 0.119 e. The number of ether oxygens (including phenoxy) is 1. The Morgan fingerprint density at radius 3 is 2.87 bits per heavy atom. The van der Waals surface area contributed by atoms with E-state index in [0.717, 1.165) is 18.1 Å². The minimum absolute atomic E-state index is 0.247. The molecular weight excluding hydrogens is 380 g/mol. The monoisotopic (exact) mass is 412 g/mol. The van der Waals surface area contributed by atoms with Crippen molar-refractivity contribution < 1.29 is 4.74 Å². The Balaban J connectivity index is 1.38. The maximum absolute atomic E-state index is 5.69. The van der Waals surface area contributed by atoms with Crippen molar-refractivity contribution >= 4 is 10.9 Å². The zero-order valence-electron chi connectivity index (χ0n) is 18.5. The van der Waals surface area contributed by atoms with Gasteiger partial charge in [-0.3, -0.25) is 4.90 Å². The lowest BCUT2D eigenvalue weighted by molar-refractivity contribution is -0.00774. The van der Waals surface area contributed by atoms with E-state index in [1.807, 2.05) is 0 Å². The van der Waals surface area contributed by atoms with E-state index >= 15 is 0 Å². The van der Waals surface area contributed by atoms with E-state index in [1.54, 1.807) is 23.8 Å². The van der Waals surface area contributed by atoms with Crippen molar-refractivity contribution in [3.63, 3.8) is 0 Å². The highest BCUT2D eigenvalue weighted by molar-refractivity contribution is 5.85. The molecule has 31 heavy (non-hydrogen) atoms. The van der Waals surface area contributed by atoms with Crippen LogP contribution in [0.25, 0.3) is 10.9 Å². The highest BCUT2D eigenvalue weighted by Crippen LogP contribution is 2.56. The van der Waals surface area contributed by atoms with Crippen LogP contribution in [-0.4, -0.2) is 36.1 Å². The van der Waals surface area contributed by atoms with Crippen molar-refractivity contribution in [2.24, 2.45) is 11.8 Å². The van der Waals surface area contributed by atoms with Crippen molar-refractivity contribution in [1.82, 2.24) is 9.88 Å². The average molecular weight is 413 g/mol. The van der Waals surface area contributed by atoms with Gasteiger partial charge in [-0.1, -0.05) is 30.7 Å². The Bertz CT molecular complexity index is 1160. The van der Waals surface area contributed by atoms with Gasteiger partial charge in [0.05, 0.1) is 7.11 Å². The standard InChI is InChI=1S/C28H32N2O/c1-31-20-10-9-19-13-27-24-15-22-21-7-2-3-8-25(21)29-26(22)16-28(24,23(19)14-20)11-12-30(27)17-18-5-4-6-18/h2-3,7-10,14,18,24,27,29H,4-6,11-13,15-17H2,1H3/t24-,27-,28-/m0/s1. The van der Waals surface area contributed by atoms with E-state index in [-0.39, 0.29) is 5.41 Å². The van der Waals surface area contributed by atoms with E-state index in [1.165, 1.54) is 68.2 Å². The van der Waals surface area contributed by atoms with Crippen LogP contribution in [0.3, 0.4) is 0 Å². The van der Waals surface area contributed by atoms with Crippen LogP contribution in [0.4, 0.5) is 0 Å². The third-order valence-electron chi connectivity index (χ3n) is 9.31. The first-order chi connectivity index (χ1) is 15.2. The van der Waals surface area contributed by atoms with Crippen LogP contribution in [0.5, 0.6) is 5.75 Å². The summed E-state index contributed by atoms with van der Waals surface area (Å²) in [7, 11) is 1.81. The molecule has 3 aliphatic carbocycles. The zero-order valence-corrected chi connectivity index (χ0v) is 18.5. The number of aromatic amines is 1. The molecule has 3 aromatic rings. The second-order valence-corrected chi connectivity index (χ2v) is 10.6. The predicted octanol–water partition coefficient (Wildman–Crippen LogP) is 5.26. The van der Waals surface area contributed by atoms with Crippen molar-refractivity contribution in [2.45, 2.75) is 56.4 Å². The summed E-state index contributed by atoms with van der Waals surface area (Å²) < 4.78 is 5.69. The summed E-state index contributed by atoms with van der Waals surface area (Å²) in [6.07, 6.45) is 9.17. The van der Waals surface area contributed by atoms with Gasteiger partial charge in [0.2, 0.25) is 0 Å². The highest BCUT2D eigenvalue weighted by atomic mass is 16.5. The number of benzene rings is 2. The van der Waals surface area contributed by atoms with Crippen LogP contribution >= 0.6 is 0 Å². The number of hydrogen-bond donors (Lipinski definition) is 1. The minimum Gasteiger partial charge on any atom is -0.497 e. The molecule has 2 bridgehead atoms. The summed E-state index contributed by atoms with van der Waals surface area (Å²) >= 11 is 0. The van der Waals surface area contributed by atoms with Gasteiger partial charge in [-0.2, -0.15) is 0 Å². The summed E-state index contributed by atoms with van der Waals surface area (Å²) in [4.78, 5) is 6.73. The summed E-state index contributed by atoms with van der Waals surface area (Å²) in [5.74, 6) is 2.66. The SMILES string of the molecule is COc1ccc2c(c1)[C@@]13CCN(CC4CCC4)[C@@H](C2)[C@@H]1Cc1c([nH]c2ccccc12)C3. The van der Waals surface area contributed by atoms with E-state index in [2.05, 4.69) is 52.3 Å². The van der Waals surface area contributed by atoms with E-state index < -0.39 is 0 Å². The van der Waals surface area contributed by atoms with Crippen LogP contribution in [0, 0.1) is 11.8 Å². The first-order valence-electron chi connectivity index (χ1n) is 12.2. The largest absolute Gasteiger partial charge is 0.497 e. The van der Waals surface area contributed by atoms with Gasteiger partial charge in [0, 0.05) is 34.6 Å². The molecule has 160 valence electrons. The number of rotatable bonds is 3. The number of nitrogens with zero attached hydrogens (tertiary/aromatic N) is 1. The normalized spacial score (nSPS) is 29.7. The predicted molar refractivity (Wildman–Crippen MR) is 125 cm³/mol. The molecule has 7 rings (SSSR count). The number of aromatic nitrogens is 1. The van der Waals surface area contributed by atoms with Gasteiger partial charge >= 0.3 is 0 Å². The van der Waals surface area contributed by atoms with Gasteiger partial charge in [0.15, 0.2) is 0 Å². The second-order valence-electron chi connectivity index (χ2n) is 10.6. The Morgan fingerprint density at radius 1 is 1.13 bits per heavy atom. The summed E-state index contributed by atoms with van der Waals surface area (Å²) in [6.45, 7) is 2.58. The van der Waals surface area contributed by atoms with E-state index in [0.29, 0.717) is 12.0 Å². The summed E-state index contributed by atoms with van der Waals surface area (Å²) in [6, 6.07) is 16.5. The number of H-pyrrole nitrogens is 1. The fourth-order valence-corrected chi connectivity index (χ4v) is 7.53. The third-order valence-corrected chi connectivity index (χ3v) is 9.31. The molecule has 3 heteroatoms. The van der Waals surface area contributed by atoms with Gasteiger partial charge in [0.1, 0.15) is 5.75 Å². The topological polar surface area (TPSA) is 28.3 Å². The Labute approximate surface area is 184 Å². The molecule has 4 aliphatic rings. The zero-order chi connectivity index (χ0) is 20.6. The molecule has 1 saturated carbocycles. The van der Waals surface area contributed by atoms with Gasteiger partial charge in [0.25, 0.3) is 0 Å². The molecule has 2 aromatic carbocycles. The molecule has 1 N–H and O–H groups in total. The minimum atomic E-state index is 0.247. The molecule has 1 aromatic heterocycles. The molecule has 1 saturated heterocycles. The van der Waals surface area contributed by atoms with Crippen molar-refractivity contribution in [3.05, 3.63) is 64.8 Å². The maximum atomic E-state index is 5.69. The Morgan fingerprint density at radius 2 is 2.03 bits per heavy atom. The average Bonchev–Trinajstić information content (AvgIpc) is 3.12. The lowest BCUT2D eigenvalue weighted by Crippen LogP contribution is -2.63. The number of piperidine rings is 1. The third kappa shape index (κ3) is 2.56. The van der Waals surface area contributed by atoms with Crippen LogP contribution in [0.1, 0.15) is 48.1 Å². The summed E-state index contributed by atoms with van der Waals surface area (Å²) in [5.41, 5.74) is 7.80. The van der Waals surface area contributed by atoms with Gasteiger partial charge in [-0.15, -0.1) is 0 Å². The quantitative estimate of drug-likeness (QED) is 0.636. The second kappa shape index (κ2) is 6.62. The first kappa shape index (κ1) is 18.3. The fourth-order valence-electron chi connectivity index (χ4n) is 7.53. The molecule has 3 nitrogen and oxygen atoms in total. The first-order valence-corrected chi connectivity index (χ1v) is 12.2. The number of nitrogens with one attached hydrogen (secondary N) is 1.